The van der Waals surface area contributed by atoms with Crippen LogP contribution in [0.25, 0.3) is 11.3 Å². The first-order valence-corrected chi connectivity index (χ1v) is 7.48. The van der Waals surface area contributed by atoms with Gasteiger partial charge in [-0.1, -0.05) is 24.3 Å². The maximum absolute atomic E-state index is 12.4. The van der Waals surface area contributed by atoms with Gasteiger partial charge < -0.3 is 19.2 Å². The van der Waals surface area contributed by atoms with E-state index in [2.05, 4.69) is 10.3 Å². The lowest BCUT2D eigenvalue weighted by molar-refractivity contribution is -0.125. The molecule has 0 aliphatic carbocycles. The molecule has 0 spiro atoms. The molecule has 0 bridgehead atoms. The maximum atomic E-state index is 12.4. The molecule has 1 aromatic heterocycles. The summed E-state index contributed by atoms with van der Waals surface area (Å²) in [5, 5.41) is 2.84. The zero-order valence-electron chi connectivity index (χ0n) is 12.6. The van der Waals surface area contributed by atoms with Crippen LogP contribution in [0.1, 0.15) is 0 Å². The van der Waals surface area contributed by atoms with Crippen LogP contribution in [0.3, 0.4) is 0 Å². The lowest BCUT2D eigenvalue weighted by Crippen LogP contribution is -2.40. The number of anilines is 1. The minimum absolute atomic E-state index is 0.171. The monoisotopic (exact) mass is 322 g/mol. The van der Waals surface area contributed by atoms with E-state index in [0.29, 0.717) is 22.9 Å². The van der Waals surface area contributed by atoms with Crippen molar-refractivity contribution >= 4 is 11.6 Å². The Morgan fingerprint density at radius 3 is 2.83 bits per heavy atom. The zero-order valence-corrected chi connectivity index (χ0v) is 12.6. The molecule has 3 aromatic rings. The topological polar surface area (TPSA) is 73.6 Å². The van der Waals surface area contributed by atoms with E-state index in [-0.39, 0.29) is 12.5 Å². The molecule has 6 heteroatoms. The van der Waals surface area contributed by atoms with Crippen LogP contribution in [0.15, 0.2) is 65.5 Å². The Balaban J connectivity index is 1.48. The number of carbonyl (C=O) groups is 1. The number of para-hydroxylation sites is 2. The highest BCUT2D eigenvalue weighted by Crippen LogP contribution is 2.31. The highest BCUT2D eigenvalue weighted by molar-refractivity contribution is 5.95. The molecule has 120 valence electrons. The summed E-state index contributed by atoms with van der Waals surface area (Å²) in [6.07, 6.45) is 2.29. The number of hydrogen-bond donors (Lipinski definition) is 1. The fourth-order valence-electron chi connectivity index (χ4n) is 2.48. The number of ether oxygens (including phenoxy) is 2. The number of fused-ring (bicyclic) bond motifs is 1. The van der Waals surface area contributed by atoms with Crippen molar-refractivity contribution in [3.63, 3.8) is 0 Å². The Morgan fingerprint density at radius 1 is 1.12 bits per heavy atom. The quantitative estimate of drug-likeness (QED) is 0.802. The largest absolute Gasteiger partial charge is 0.485 e. The van der Waals surface area contributed by atoms with Crippen molar-refractivity contribution in [1.82, 2.24) is 4.98 Å². The summed E-state index contributed by atoms with van der Waals surface area (Å²) in [4.78, 5) is 16.3. The fourth-order valence-corrected chi connectivity index (χ4v) is 2.48. The number of benzene rings is 2. The lowest BCUT2D eigenvalue weighted by Gasteiger charge is -2.25. The van der Waals surface area contributed by atoms with Gasteiger partial charge in [-0.05, 0) is 24.3 Å². The number of oxazole rings is 1. The molecule has 4 rings (SSSR count). The van der Waals surface area contributed by atoms with Gasteiger partial charge in [0.25, 0.3) is 5.91 Å². The molecule has 24 heavy (non-hydrogen) atoms. The Hall–Kier alpha value is -3.28. The van der Waals surface area contributed by atoms with E-state index < -0.39 is 6.10 Å². The van der Waals surface area contributed by atoms with Gasteiger partial charge in [-0.15, -0.1) is 0 Å². The normalized spacial score (nSPS) is 15.8. The fraction of sp³-hybridized carbons (Fsp3) is 0.111. The smallest absolute Gasteiger partial charge is 0.269 e. The summed E-state index contributed by atoms with van der Waals surface area (Å²) >= 11 is 0. The van der Waals surface area contributed by atoms with Crippen LogP contribution in [-0.2, 0) is 4.79 Å². The zero-order chi connectivity index (χ0) is 16.4. The molecule has 1 aliphatic heterocycles. The lowest BCUT2D eigenvalue weighted by atomic mass is 10.1. The van der Waals surface area contributed by atoms with Gasteiger partial charge >= 0.3 is 0 Å². The van der Waals surface area contributed by atoms with Crippen LogP contribution in [0.2, 0.25) is 0 Å². The number of rotatable bonds is 3. The second-order valence-electron chi connectivity index (χ2n) is 5.30. The van der Waals surface area contributed by atoms with Gasteiger partial charge in [-0.2, -0.15) is 0 Å². The number of nitrogens with zero attached hydrogens (tertiary/aromatic N) is 1. The molecule has 0 saturated carbocycles. The van der Waals surface area contributed by atoms with Crippen molar-refractivity contribution in [3.8, 4) is 22.8 Å². The molecule has 2 heterocycles. The average Bonchev–Trinajstić information content (AvgIpc) is 3.16. The van der Waals surface area contributed by atoms with E-state index in [1.807, 2.05) is 36.4 Å². The molecule has 0 unspecified atom stereocenters. The van der Waals surface area contributed by atoms with Crippen LogP contribution in [0, 0.1) is 0 Å². The van der Waals surface area contributed by atoms with Crippen molar-refractivity contribution in [2.75, 3.05) is 11.9 Å². The van der Waals surface area contributed by atoms with Crippen molar-refractivity contribution in [1.29, 1.82) is 0 Å². The van der Waals surface area contributed by atoms with Gasteiger partial charge in [-0.25, -0.2) is 4.98 Å². The van der Waals surface area contributed by atoms with Crippen LogP contribution < -0.4 is 14.8 Å². The summed E-state index contributed by atoms with van der Waals surface area (Å²) in [5.74, 6) is 1.59. The van der Waals surface area contributed by atoms with Crippen molar-refractivity contribution < 1.29 is 18.7 Å². The SMILES string of the molecule is O=C(Nc1cccc(-c2cnco2)c1)[C@H]1COc2ccccc2O1. The van der Waals surface area contributed by atoms with E-state index in [4.69, 9.17) is 13.9 Å². The maximum Gasteiger partial charge on any atom is 0.269 e. The number of carbonyl (C=O) groups excluding carboxylic acids is 1. The third kappa shape index (κ3) is 2.81. The average molecular weight is 322 g/mol. The van der Waals surface area contributed by atoms with Crippen LogP contribution in [0.4, 0.5) is 5.69 Å². The minimum atomic E-state index is -0.700. The van der Waals surface area contributed by atoms with Gasteiger partial charge in [-0.3, -0.25) is 4.79 Å². The predicted molar refractivity (Wildman–Crippen MR) is 86.9 cm³/mol. The second kappa shape index (κ2) is 6.08. The third-order valence-electron chi connectivity index (χ3n) is 3.65. The molecule has 2 aromatic carbocycles. The number of hydrogen-bond acceptors (Lipinski definition) is 5. The molecule has 1 N–H and O–H groups in total. The van der Waals surface area contributed by atoms with Crippen LogP contribution in [-0.4, -0.2) is 23.6 Å². The summed E-state index contributed by atoms with van der Waals surface area (Å²) in [7, 11) is 0. The minimum Gasteiger partial charge on any atom is -0.485 e. The highest BCUT2D eigenvalue weighted by atomic mass is 16.6. The van der Waals surface area contributed by atoms with E-state index in [1.165, 1.54) is 6.39 Å². The van der Waals surface area contributed by atoms with E-state index in [9.17, 15) is 4.79 Å². The standard InChI is InChI=1S/C18H14N2O4/c21-18(17-10-22-14-6-1-2-7-15(14)24-17)20-13-5-3-4-12(8-13)16-9-19-11-23-16/h1-9,11,17H,10H2,(H,20,21)/t17-/m1/s1. The molecule has 0 fully saturated rings. The number of nitrogens with one attached hydrogen (secondary N) is 1. The molecule has 0 radical (unpaired) electrons. The Labute approximate surface area is 138 Å². The van der Waals surface area contributed by atoms with Gasteiger partial charge in [0.1, 0.15) is 6.61 Å². The number of amides is 1. The van der Waals surface area contributed by atoms with Crippen LogP contribution in [0.5, 0.6) is 11.5 Å². The second-order valence-corrected chi connectivity index (χ2v) is 5.30. The molecule has 6 nitrogen and oxygen atoms in total. The van der Waals surface area contributed by atoms with Crippen LogP contribution >= 0.6 is 0 Å². The third-order valence-corrected chi connectivity index (χ3v) is 3.65. The van der Waals surface area contributed by atoms with E-state index in [1.54, 1.807) is 18.3 Å². The first-order chi connectivity index (χ1) is 11.8. The summed E-state index contributed by atoms with van der Waals surface area (Å²) in [5.41, 5.74) is 1.48. The van der Waals surface area contributed by atoms with Crippen molar-refractivity contribution in [3.05, 3.63) is 61.1 Å². The first kappa shape index (κ1) is 14.3. The van der Waals surface area contributed by atoms with Crippen molar-refractivity contribution in [2.24, 2.45) is 0 Å². The first-order valence-electron chi connectivity index (χ1n) is 7.48. The predicted octanol–water partition coefficient (Wildman–Crippen LogP) is 3.12. The molecule has 1 atom stereocenters. The summed E-state index contributed by atoms with van der Waals surface area (Å²) < 4.78 is 16.5. The van der Waals surface area contributed by atoms with Gasteiger partial charge in [0.15, 0.2) is 23.7 Å². The summed E-state index contributed by atoms with van der Waals surface area (Å²) in [6, 6.07) is 14.6. The Kier molecular flexibility index (Phi) is 3.63. The van der Waals surface area contributed by atoms with E-state index in [0.717, 1.165) is 5.56 Å². The summed E-state index contributed by atoms with van der Waals surface area (Å²) in [6.45, 7) is 0.171. The molecular formula is C18H14N2O4. The molecular weight excluding hydrogens is 308 g/mol. The van der Waals surface area contributed by atoms with E-state index >= 15 is 0 Å². The Bertz CT molecular complexity index is 861. The van der Waals surface area contributed by atoms with Crippen molar-refractivity contribution in [2.45, 2.75) is 6.10 Å². The van der Waals surface area contributed by atoms with Gasteiger partial charge in [0, 0.05) is 11.3 Å². The molecule has 0 saturated heterocycles. The number of aromatic nitrogens is 1. The molecule has 1 amide bonds. The molecule has 1 aliphatic rings. The van der Waals surface area contributed by atoms with Gasteiger partial charge in [0.2, 0.25) is 6.10 Å². The highest BCUT2D eigenvalue weighted by Gasteiger charge is 2.27. The van der Waals surface area contributed by atoms with Gasteiger partial charge in [0.05, 0.1) is 6.20 Å². The Morgan fingerprint density at radius 2 is 2.00 bits per heavy atom.